The zero-order chi connectivity index (χ0) is 15.1. The molecule has 0 saturated carbocycles. The maximum absolute atomic E-state index is 5.42. The van der Waals surface area contributed by atoms with Gasteiger partial charge in [-0.25, -0.2) is 0 Å². The number of nitrogens with zero attached hydrogens (tertiary/aromatic N) is 1. The van der Waals surface area contributed by atoms with Crippen LogP contribution >= 0.6 is 0 Å². The van der Waals surface area contributed by atoms with Crippen molar-refractivity contribution < 1.29 is 4.74 Å². The molecule has 1 heterocycles. The van der Waals surface area contributed by atoms with Crippen LogP contribution in [-0.2, 0) is 17.8 Å². The topological polar surface area (TPSA) is 26.2 Å². The van der Waals surface area contributed by atoms with Gasteiger partial charge in [-0.15, -0.1) is 0 Å². The second-order valence-corrected chi connectivity index (χ2v) is 5.98. The van der Waals surface area contributed by atoms with Gasteiger partial charge in [-0.2, -0.15) is 0 Å². The molecule has 0 aliphatic carbocycles. The number of hydrogen-bond acceptors (Lipinski definition) is 2. The van der Waals surface area contributed by atoms with Crippen LogP contribution in [0.15, 0.2) is 30.5 Å². The monoisotopic (exact) mass is 288 g/mol. The highest BCUT2D eigenvalue weighted by Crippen LogP contribution is 2.18. The number of nitrogens with one attached hydrogen (secondary N) is 1. The highest BCUT2D eigenvalue weighted by atomic mass is 16.5. The van der Waals surface area contributed by atoms with E-state index in [1.165, 1.54) is 16.5 Å². The van der Waals surface area contributed by atoms with Crippen LogP contribution in [0.4, 0.5) is 0 Å². The van der Waals surface area contributed by atoms with Crippen molar-refractivity contribution in [1.29, 1.82) is 0 Å². The van der Waals surface area contributed by atoms with Gasteiger partial charge in [-0.1, -0.05) is 26.0 Å². The predicted octanol–water partition coefficient (Wildman–Crippen LogP) is 3.81. The summed E-state index contributed by atoms with van der Waals surface area (Å²) in [5, 5.41) is 4.83. The van der Waals surface area contributed by atoms with Gasteiger partial charge in [0.2, 0.25) is 0 Å². The van der Waals surface area contributed by atoms with Crippen molar-refractivity contribution in [1.82, 2.24) is 9.88 Å². The summed E-state index contributed by atoms with van der Waals surface area (Å²) in [6.07, 6.45) is 3.25. The summed E-state index contributed by atoms with van der Waals surface area (Å²) in [5.74, 6) is 0.691. The van der Waals surface area contributed by atoms with Crippen LogP contribution in [0.25, 0.3) is 10.9 Å². The molecular weight excluding hydrogens is 260 g/mol. The van der Waals surface area contributed by atoms with E-state index in [0.717, 1.165) is 39.3 Å². The molecule has 0 radical (unpaired) electrons. The van der Waals surface area contributed by atoms with Gasteiger partial charge in [-0.05, 0) is 48.9 Å². The number of aromatic nitrogens is 1. The summed E-state index contributed by atoms with van der Waals surface area (Å²) in [7, 11) is 0. The minimum Gasteiger partial charge on any atom is -0.382 e. The normalized spacial score (nSPS) is 11.6. The molecule has 1 N–H and O–H groups in total. The number of aryl methyl sites for hydroxylation is 1. The third kappa shape index (κ3) is 4.87. The average Bonchev–Trinajstić information content (AvgIpc) is 2.86. The summed E-state index contributed by atoms with van der Waals surface area (Å²) in [6.45, 7) is 11.2. The van der Waals surface area contributed by atoms with Gasteiger partial charge in [-0.3, -0.25) is 0 Å². The van der Waals surface area contributed by atoms with Gasteiger partial charge in [0.25, 0.3) is 0 Å². The third-order valence-electron chi connectivity index (χ3n) is 3.61. The van der Waals surface area contributed by atoms with Crippen molar-refractivity contribution in [2.24, 2.45) is 5.92 Å². The van der Waals surface area contributed by atoms with Gasteiger partial charge in [0.15, 0.2) is 0 Å². The molecule has 0 saturated heterocycles. The Morgan fingerprint density at radius 2 is 2.10 bits per heavy atom. The largest absolute Gasteiger partial charge is 0.382 e. The van der Waals surface area contributed by atoms with E-state index in [2.05, 4.69) is 54.2 Å². The fourth-order valence-corrected chi connectivity index (χ4v) is 2.52. The molecule has 3 nitrogen and oxygen atoms in total. The summed E-state index contributed by atoms with van der Waals surface area (Å²) in [6, 6.07) is 8.95. The van der Waals surface area contributed by atoms with Crippen molar-refractivity contribution in [3.63, 3.8) is 0 Å². The van der Waals surface area contributed by atoms with Crippen molar-refractivity contribution in [2.75, 3.05) is 19.8 Å². The van der Waals surface area contributed by atoms with E-state index in [4.69, 9.17) is 4.74 Å². The molecule has 3 heteroatoms. The standard InChI is InChI=1S/C18H28N2O/c1-4-21-11-5-9-20-10-8-17-7-6-16(12-18(17)20)14-19-13-15(2)3/h6-8,10,12,15,19H,4-5,9,11,13-14H2,1-3H3. The minimum absolute atomic E-state index is 0.691. The zero-order valence-electron chi connectivity index (χ0n) is 13.6. The van der Waals surface area contributed by atoms with E-state index >= 15 is 0 Å². The van der Waals surface area contributed by atoms with Gasteiger partial charge in [0.05, 0.1) is 0 Å². The first-order valence-corrected chi connectivity index (χ1v) is 8.07. The summed E-state index contributed by atoms with van der Waals surface area (Å²) >= 11 is 0. The first-order chi connectivity index (χ1) is 10.2. The molecule has 2 aromatic rings. The maximum atomic E-state index is 5.42. The molecule has 0 unspecified atom stereocenters. The van der Waals surface area contributed by atoms with E-state index in [9.17, 15) is 0 Å². The number of rotatable bonds is 9. The summed E-state index contributed by atoms with van der Waals surface area (Å²) in [4.78, 5) is 0. The lowest BCUT2D eigenvalue weighted by atomic mass is 10.1. The quantitative estimate of drug-likeness (QED) is 0.710. The lowest BCUT2D eigenvalue weighted by molar-refractivity contribution is 0.142. The van der Waals surface area contributed by atoms with Gasteiger partial charge >= 0.3 is 0 Å². The molecule has 116 valence electrons. The molecule has 0 aliphatic heterocycles. The second kappa shape index (κ2) is 8.20. The van der Waals surface area contributed by atoms with Crippen LogP contribution in [0.2, 0.25) is 0 Å². The molecule has 0 fully saturated rings. The molecule has 1 aromatic carbocycles. The predicted molar refractivity (Wildman–Crippen MR) is 89.6 cm³/mol. The fourth-order valence-electron chi connectivity index (χ4n) is 2.52. The first kappa shape index (κ1) is 16.1. The Morgan fingerprint density at radius 1 is 1.24 bits per heavy atom. The van der Waals surface area contributed by atoms with Crippen LogP contribution in [0.5, 0.6) is 0 Å². The highest BCUT2D eigenvalue weighted by molar-refractivity contribution is 5.80. The Hall–Kier alpha value is -1.32. The van der Waals surface area contributed by atoms with E-state index < -0.39 is 0 Å². The van der Waals surface area contributed by atoms with Crippen LogP contribution in [-0.4, -0.2) is 24.3 Å². The van der Waals surface area contributed by atoms with Gasteiger partial charge in [0, 0.05) is 38.0 Å². The highest BCUT2D eigenvalue weighted by Gasteiger charge is 2.03. The van der Waals surface area contributed by atoms with Crippen LogP contribution in [0, 0.1) is 5.92 Å². The Kier molecular flexibility index (Phi) is 6.27. The molecule has 0 amide bonds. The molecular formula is C18H28N2O. The first-order valence-electron chi connectivity index (χ1n) is 8.07. The van der Waals surface area contributed by atoms with Crippen LogP contribution < -0.4 is 5.32 Å². The fraction of sp³-hybridized carbons (Fsp3) is 0.556. The molecule has 2 rings (SSSR count). The Balaban J connectivity index is 1.99. The number of hydrogen-bond donors (Lipinski definition) is 1. The Morgan fingerprint density at radius 3 is 2.86 bits per heavy atom. The number of fused-ring (bicyclic) bond motifs is 1. The van der Waals surface area contributed by atoms with Crippen LogP contribution in [0.3, 0.4) is 0 Å². The average molecular weight is 288 g/mol. The number of ether oxygens (including phenoxy) is 1. The smallest absolute Gasteiger partial charge is 0.0483 e. The number of benzene rings is 1. The summed E-state index contributed by atoms with van der Waals surface area (Å²) in [5.41, 5.74) is 2.68. The van der Waals surface area contributed by atoms with Crippen molar-refractivity contribution >= 4 is 10.9 Å². The van der Waals surface area contributed by atoms with E-state index in [0.29, 0.717) is 5.92 Å². The molecule has 0 atom stereocenters. The van der Waals surface area contributed by atoms with Crippen LogP contribution in [0.1, 0.15) is 32.8 Å². The SMILES string of the molecule is CCOCCCn1ccc2ccc(CNCC(C)C)cc21. The van der Waals surface area contributed by atoms with E-state index in [1.54, 1.807) is 0 Å². The van der Waals surface area contributed by atoms with Gasteiger partial charge < -0.3 is 14.6 Å². The minimum atomic E-state index is 0.691. The Labute approximate surface area is 128 Å². The van der Waals surface area contributed by atoms with Crippen molar-refractivity contribution in [3.05, 3.63) is 36.0 Å². The molecule has 0 spiro atoms. The molecule has 0 bridgehead atoms. The Bertz CT molecular complexity index is 545. The maximum Gasteiger partial charge on any atom is 0.0483 e. The van der Waals surface area contributed by atoms with E-state index in [1.807, 2.05) is 6.92 Å². The lowest BCUT2D eigenvalue weighted by Gasteiger charge is -2.09. The second-order valence-electron chi connectivity index (χ2n) is 5.98. The summed E-state index contributed by atoms with van der Waals surface area (Å²) < 4.78 is 7.75. The molecule has 21 heavy (non-hydrogen) atoms. The van der Waals surface area contributed by atoms with Crippen molar-refractivity contribution in [2.45, 2.75) is 40.3 Å². The molecule has 0 aliphatic rings. The van der Waals surface area contributed by atoms with Gasteiger partial charge in [0.1, 0.15) is 0 Å². The van der Waals surface area contributed by atoms with E-state index in [-0.39, 0.29) is 0 Å². The zero-order valence-corrected chi connectivity index (χ0v) is 13.6. The third-order valence-corrected chi connectivity index (χ3v) is 3.61. The molecule has 1 aromatic heterocycles. The van der Waals surface area contributed by atoms with Crippen molar-refractivity contribution in [3.8, 4) is 0 Å². The lowest BCUT2D eigenvalue weighted by Crippen LogP contribution is -2.18.